The minimum absolute atomic E-state index is 0.667. The Hall–Kier alpha value is -1.65. The van der Waals surface area contributed by atoms with Gasteiger partial charge in [-0.3, -0.25) is 4.90 Å². The first kappa shape index (κ1) is 18.4. The summed E-state index contributed by atoms with van der Waals surface area (Å²) in [6, 6.07) is 7.75. The quantitative estimate of drug-likeness (QED) is 0.807. The summed E-state index contributed by atoms with van der Waals surface area (Å²) in [6.45, 7) is 10.9. The van der Waals surface area contributed by atoms with Crippen LogP contribution in [0.1, 0.15) is 42.9 Å². The van der Waals surface area contributed by atoms with Crippen LogP contribution in [-0.2, 0) is 17.6 Å². The highest BCUT2D eigenvalue weighted by molar-refractivity contribution is 5.85. The molecule has 150 valence electrons. The van der Waals surface area contributed by atoms with Crippen molar-refractivity contribution in [2.75, 3.05) is 44.3 Å². The van der Waals surface area contributed by atoms with Gasteiger partial charge in [-0.1, -0.05) is 0 Å². The third-order valence-corrected chi connectivity index (χ3v) is 7.38. The number of hydrogen-bond donors (Lipinski definition) is 0. The van der Waals surface area contributed by atoms with Crippen molar-refractivity contribution in [3.05, 3.63) is 34.9 Å². The third-order valence-electron chi connectivity index (χ3n) is 7.38. The standard InChI is InChI=1S/C24H33N3O/c1-17-14-24(25-23-16-21-5-3-4-20(21)15-22(17)23)27-8-6-19(7-9-27)18(2)26-10-12-28-13-11-26/h14-16,18-19H,3-13H2,1-2H3. The highest BCUT2D eigenvalue weighted by Crippen LogP contribution is 2.32. The van der Waals surface area contributed by atoms with Crippen molar-refractivity contribution in [1.29, 1.82) is 0 Å². The number of piperidine rings is 1. The molecule has 3 heterocycles. The van der Waals surface area contributed by atoms with Crippen LogP contribution in [0, 0.1) is 12.8 Å². The SMILES string of the molecule is Cc1cc(N2CCC(C(C)N3CCOCC3)CC2)nc2cc3c(cc12)CCC3. The lowest BCUT2D eigenvalue weighted by Crippen LogP contribution is -2.48. The third kappa shape index (κ3) is 3.42. The Labute approximate surface area is 168 Å². The van der Waals surface area contributed by atoms with Crippen molar-refractivity contribution in [1.82, 2.24) is 9.88 Å². The second kappa shape index (κ2) is 7.64. The maximum Gasteiger partial charge on any atom is 0.129 e. The molecular formula is C24H33N3O. The first-order valence-corrected chi connectivity index (χ1v) is 11.2. The van der Waals surface area contributed by atoms with Crippen molar-refractivity contribution in [3.8, 4) is 0 Å². The van der Waals surface area contributed by atoms with Crippen molar-refractivity contribution >= 4 is 16.7 Å². The van der Waals surface area contributed by atoms with Gasteiger partial charge in [-0.05, 0) is 86.8 Å². The molecule has 0 saturated carbocycles. The van der Waals surface area contributed by atoms with Gasteiger partial charge in [0.25, 0.3) is 0 Å². The van der Waals surface area contributed by atoms with Crippen molar-refractivity contribution in [2.45, 2.75) is 52.0 Å². The highest BCUT2D eigenvalue weighted by atomic mass is 16.5. The Morgan fingerprint density at radius 3 is 2.46 bits per heavy atom. The molecule has 3 aliphatic rings. The summed E-state index contributed by atoms with van der Waals surface area (Å²) in [5.41, 5.74) is 5.63. The molecule has 2 aliphatic heterocycles. The molecule has 0 bridgehead atoms. The van der Waals surface area contributed by atoms with Crippen molar-refractivity contribution in [2.24, 2.45) is 5.92 Å². The largest absolute Gasteiger partial charge is 0.379 e. The molecule has 2 saturated heterocycles. The maximum absolute atomic E-state index is 5.53. The molecule has 1 aromatic carbocycles. The number of pyridine rings is 1. The summed E-state index contributed by atoms with van der Waals surface area (Å²) in [4.78, 5) is 10.2. The van der Waals surface area contributed by atoms with Crippen LogP contribution in [0.2, 0.25) is 0 Å². The molecule has 1 aliphatic carbocycles. The molecule has 2 fully saturated rings. The van der Waals surface area contributed by atoms with E-state index in [0.29, 0.717) is 6.04 Å². The van der Waals surface area contributed by atoms with Gasteiger partial charge in [0.15, 0.2) is 0 Å². The monoisotopic (exact) mass is 379 g/mol. The molecule has 0 N–H and O–H groups in total. The number of morpholine rings is 1. The van der Waals surface area contributed by atoms with E-state index < -0.39 is 0 Å². The van der Waals surface area contributed by atoms with E-state index in [2.05, 4.69) is 41.8 Å². The molecule has 1 unspecified atom stereocenters. The fraction of sp³-hybridized carbons (Fsp3) is 0.625. The summed E-state index contributed by atoms with van der Waals surface area (Å²) in [7, 11) is 0. The number of aryl methyl sites for hydroxylation is 3. The number of rotatable bonds is 3. The first-order chi connectivity index (χ1) is 13.7. The summed E-state index contributed by atoms with van der Waals surface area (Å²) < 4.78 is 5.53. The van der Waals surface area contributed by atoms with Crippen LogP contribution in [0.15, 0.2) is 18.2 Å². The van der Waals surface area contributed by atoms with Crippen LogP contribution in [0.25, 0.3) is 10.9 Å². The van der Waals surface area contributed by atoms with Crippen LogP contribution in [0.5, 0.6) is 0 Å². The van der Waals surface area contributed by atoms with Gasteiger partial charge in [0.1, 0.15) is 5.82 Å². The molecule has 28 heavy (non-hydrogen) atoms. The lowest BCUT2D eigenvalue weighted by Gasteiger charge is -2.41. The van der Waals surface area contributed by atoms with Crippen LogP contribution in [0.4, 0.5) is 5.82 Å². The first-order valence-electron chi connectivity index (χ1n) is 11.2. The molecule has 4 heteroatoms. The fourth-order valence-corrected chi connectivity index (χ4v) is 5.50. The van der Waals surface area contributed by atoms with Gasteiger partial charge in [0.2, 0.25) is 0 Å². The number of ether oxygens (including phenoxy) is 1. The molecule has 1 aromatic heterocycles. The Balaban J connectivity index is 1.31. The molecule has 0 spiro atoms. The Morgan fingerprint density at radius 2 is 1.71 bits per heavy atom. The highest BCUT2D eigenvalue weighted by Gasteiger charge is 2.29. The van der Waals surface area contributed by atoms with Crippen molar-refractivity contribution in [3.63, 3.8) is 0 Å². The van der Waals surface area contributed by atoms with E-state index in [-0.39, 0.29) is 0 Å². The number of benzene rings is 1. The van der Waals surface area contributed by atoms with E-state index in [0.717, 1.165) is 45.3 Å². The number of hydrogen-bond acceptors (Lipinski definition) is 4. The number of nitrogens with zero attached hydrogens (tertiary/aromatic N) is 3. The van der Waals surface area contributed by atoms with Gasteiger partial charge in [0, 0.05) is 37.6 Å². The lowest BCUT2D eigenvalue weighted by atomic mass is 9.89. The smallest absolute Gasteiger partial charge is 0.129 e. The number of fused-ring (bicyclic) bond motifs is 2. The van der Waals surface area contributed by atoms with Gasteiger partial charge >= 0.3 is 0 Å². The Bertz CT molecular complexity index is 851. The van der Waals surface area contributed by atoms with Crippen LogP contribution in [0.3, 0.4) is 0 Å². The fourth-order valence-electron chi connectivity index (χ4n) is 5.50. The molecular weight excluding hydrogens is 346 g/mol. The topological polar surface area (TPSA) is 28.6 Å². The summed E-state index contributed by atoms with van der Waals surface area (Å²) in [5.74, 6) is 1.97. The predicted octanol–water partition coefficient (Wildman–Crippen LogP) is 3.97. The Kier molecular flexibility index (Phi) is 5.02. The van der Waals surface area contributed by atoms with E-state index in [1.165, 1.54) is 60.0 Å². The zero-order chi connectivity index (χ0) is 19.1. The molecule has 0 amide bonds. The maximum atomic E-state index is 5.53. The van der Waals surface area contributed by atoms with Gasteiger partial charge in [-0.25, -0.2) is 4.98 Å². The second-order valence-electron chi connectivity index (χ2n) is 9.00. The van der Waals surface area contributed by atoms with E-state index in [1.807, 2.05) is 0 Å². The van der Waals surface area contributed by atoms with Gasteiger partial charge in [0.05, 0.1) is 18.7 Å². The zero-order valence-corrected chi connectivity index (χ0v) is 17.4. The summed E-state index contributed by atoms with van der Waals surface area (Å²) >= 11 is 0. The van der Waals surface area contributed by atoms with Gasteiger partial charge < -0.3 is 9.64 Å². The molecule has 2 aromatic rings. The summed E-state index contributed by atoms with van der Waals surface area (Å²) in [5, 5.41) is 1.35. The Morgan fingerprint density at radius 1 is 1.00 bits per heavy atom. The molecule has 0 radical (unpaired) electrons. The lowest BCUT2D eigenvalue weighted by molar-refractivity contribution is 0.00448. The molecule has 1 atom stereocenters. The molecule has 4 nitrogen and oxygen atoms in total. The minimum Gasteiger partial charge on any atom is -0.379 e. The average Bonchev–Trinajstić information content (AvgIpc) is 3.20. The average molecular weight is 380 g/mol. The minimum atomic E-state index is 0.667. The molecule has 5 rings (SSSR count). The van der Waals surface area contributed by atoms with E-state index in [1.54, 1.807) is 5.56 Å². The number of aromatic nitrogens is 1. The van der Waals surface area contributed by atoms with E-state index in [9.17, 15) is 0 Å². The van der Waals surface area contributed by atoms with Gasteiger partial charge in [-0.2, -0.15) is 0 Å². The summed E-state index contributed by atoms with van der Waals surface area (Å²) in [6.07, 6.45) is 6.29. The van der Waals surface area contributed by atoms with Crippen LogP contribution < -0.4 is 4.90 Å². The second-order valence-corrected chi connectivity index (χ2v) is 9.00. The van der Waals surface area contributed by atoms with Crippen LogP contribution in [-0.4, -0.2) is 55.3 Å². The van der Waals surface area contributed by atoms with Crippen molar-refractivity contribution < 1.29 is 4.74 Å². The normalized spacial score (nSPS) is 22.6. The predicted molar refractivity (Wildman–Crippen MR) is 115 cm³/mol. The van der Waals surface area contributed by atoms with E-state index >= 15 is 0 Å². The zero-order valence-electron chi connectivity index (χ0n) is 17.4. The number of anilines is 1. The van der Waals surface area contributed by atoms with Crippen LogP contribution >= 0.6 is 0 Å². The van der Waals surface area contributed by atoms with Gasteiger partial charge in [-0.15, -0.1) is 0 Å². The van der Waals surface area contributed by atoms with E-state index in [4.69, 9.17) is 9.72 Å².